The van der Waals surface area contributed by atoms with Crippen LogP contribution in [0.5, 0.6) is 11.5 Å². The second kappa shape index (κ2) is 7.49. The highest BCUT2D eigenvalue weighted by Crippen LogP contribution is 2.31. The van der Waals surface area contributed by atoms with Gasteiger partial charge in [-0.2, -0.15) is 0 Å². The smallest absolute Gasteiger partial charge is 0.246 e. The standard InChI is InChI=1S/C14H19NO5/c1-5-12(15(16)17)6-10-7-14(20-4)11(9-18-2)8-13(10)19-3/h6-8H,5,9H2,1-4H3/b12-6+. The Labute approximate surface area is 118 Å². The Morgan fingerprint density at radius 3 is 2.35 bits per heavy atom. The second-order valence-corrected chi connectivity index (χ2v) is 4.09. The number of hydrogen-bond donors (Lipinski definition) is 0. The Kier molecular flexibility index (Phi) is 5.99. The number of nitrogens with zero attached hydrogens (tertiary/aromatic N) is 1. The largest absolute Gasteiger partial charge is 0.496 e. The van der Waals surface area contributed by atoms with Crippen molar-refractivity contribution in [1.29, 1.82) is 0 Å². The molecular weight excluding hydrogens is 262 g/mol. The summed E-state index contributed by atoms with van der Waals surface area (Å²) < 4.78 is 15.6. The van der Waals surface area contributed by atoms with Crippen LogP contribution in [0.25, 0.3) is 6.08 Å². The molecule has 1 aromatic carbocycles. The third kappa shape index (κ3) is 3.71. The predicted octanol–water partition coefficient (Wildman–Crippen LogP) is 2.88. The lowest BCUT2D eigenvalue weighted by molar-refractivity contribution is -0.425. The summed E-state index contributed by atoms with van der Waals surface area (Å²) in [4.78, 5) is 10.5. The number of methoxy groups -OCH3 is 3. The molecule has 0 bridgehead atoms. The van der Waals surface area contributed by atoms with Gasteiger partial charge < -0.3 is 14.2 Å². The van der Waals surface area contributed by atoms with Crippen LogP contribution in [0.1, 0.15) is 24.5 Å². The third-order valence-corrected chi connectivity index (χ3v) is 2.85. The molecule has 1 aromatic rings. The minimum Gasteiger partial charge on any atom is -0.496 e. The fraction of sp³-hybridized carbons (Fsp3) is 0.429. The molecule has 0 amide bonds. The number of nitro groups is 1. The van der Waals surface area contributed by atoms with Crippen molar-refractivity contribution in [2.45, 2.75) is 20.0 Å². The first-order valence-electron chi connectivity index (χ1n) is 6.16. The number of ether oxygens (including phenoxy) is 3. The molecule has 0 spiro atoms. The Bertz CT molecular complexity index is 511. The van der Waals surface area contributed by atoms with E-state index in [1.165, 1.54) is 13.2 Å². The second-order valence-electron chi connectivity index (χ2n) is 4.09. The molecule has 20 heavy (non-hydrogen) atoms. The Morgan fingerprint density at radius 1 is 1.25 bits per heavy atom. The van der Waals surface area contributed by atoms with Crippen LogP contribution < -0.4 is 9.47 Å². The fourth-order valence-electron chi connectivity index (χ4n) is 1.83. The summed E-state index contributed by atoms with van der Waals surface area (Å²) >= 11 is 0. The fourth-order valence-corrected chi connectivity index (χ4v) is 1.83. The van der Waals surface area contributed by atoms with Crippen LogP contribution in [0.2, 0.25) is 0 Å². The summed E-state index contributed by atoms with van der Waals surface area (Å²) in [5.74, 6) is 1.16. The Balaban J connectivity index is 3.35. The van der Waals surface area contributed by atoms with Crippen molar-refractivity contribution in [2.24, 2.45) is 0 Å². The van der Waals surface area contributed by atoms with Gasteiger partial charge >= 0.3 is 0 Å². The molecule has 0 saturated carbocycles. The Morgan fingerprint density at radius 2 is 1.90 bits per heavy atom. The van der Waals surface area contributed by atoms with Gasteiger partial charge in [0, 0.05) is 30.7 Å². The summed E-state index contributed by atoms with van der Waals surface area (Å²) in [5.41, 5.74) is 1.55. The van der Waals surface area contributed by atoms with Crippen LogP contribution in [-0.2, 0) is 11.3 Å². The topological polar surface area (TPSA) is 70.8 Å². The average molecular weight is 281 g/mol. The van der Waals surface area contributed by atoms with Crippen LogP contribution in [0, 0.1) is 10.1 Å². The maximum atomic E-state index is 10.9. The molecule has 0 aliphatic rings. The SMILES string of the molecule is CC/C(=C\c1cc(OC)c(COC)cc1OC)[N+](=O)[O-]. The van der Waals surface area contributed by atoms with Crippen LogP contribution >= 0.6 is 0 Å². The van der Waals surface area contributed by atoms with E-state index in [4.69, 9.17) is 14.2 Å². The van der Waals surface area contributed by atoms with E-state index in [1.54, 1.807) is 33.3 Å². The molecule has 6 nitrogen and oxygen atoms in total. The van der Waals surface area contributed by atoms with E-state index in [-0.39, 0.29) is 5.70 Å². The van der Waals surface area contributed by atoms with Gasteiger partial charge in [0.1, 0.15) is 11.5 Å². The maximum Gasteiger partial charge on any atom is 0.246 e. The van der Waals surface area contributed by atoms with Crippen LogP contribution in [0.15, 0.2) is 17.8 Å². The van der Waals surface area contributed by atoms with E-state index in [0.717, 1.165) is 5.56 Å². The summed E-state index contributed by atoms with van der Waals surface area (Å²) in [5, 5.41) is 10.9. The highest BCUT2D eigenvalue weighted by Gasteiger charge is 2.14. The van der Waals surface area contributed by atoms with E-state index >= 15 is 0 Å². The molecule has 110 valence electrons. The van der Waals surface area contributed by atoms with Crippen molar-refractivity contribution in [3.8, 4) is 11.5 Å². The van der Waals surface area contributed by atoms with Gasteiger partial charge in [-0.3, -0.25) is 10.1 Å². The molecule has 0 radical (unpaired) electrons. The molecule has 0 saturated heterocycles. The number of hydrogen-bond acceptors (Lipinski definition) is 5. The molecule has 0 fully saturated rings. The highest BCUT2D eigenvalue weighted by atomic mass is 16.6. The minimum absolute atomic E-state index is 0.116. The zero-order valence-corrected chi connectivity index (χ0v) is 12.1. The van der Waals surface area contributed by atoms with Gasteiger partial charge in [0.15, 0.2) is 0 Å². The van der Waals surface area contributed by atoms with Gasteiger partial charge in [0.25, 0.3) is 0 Å². The van der Waals surface area contributed by atoms with Gasteiger partial charge in [-0.25, -0.2) is 0 Å². The number of benzene rings is 1. The van der Waals surface area contributed by atoms with Crippen molar-refractivity contribution < 1.29 is 19.1 Å². The van der Waals surface area contributed by atoms with E-state index in [2.05, 4.69) is 0 Å². The first-order chi connectivity index (χ1) is 9.57. The van der Waals surface area contributed by atoms with Crippen LogP contribution in [0.3, 0.4) is 0 Å². The van der Waals surface area contributed by atoms with E-state index < -0.39 is 4.92 Å². The lowest BCUT2D eigenvalue weighted by Crippen LogP contribution is -2.00. The molecule has 1 rings (SSSR count). The molecule has 0 unspecified atom stereocenters. The molecule has 0 aliphatic carbocycles. The van der Waals surface area contributed by atoms with E-state index in [9.17, 15) is 10.1 Å². The molecule has 0 aromatic heterocycles. The molecule has 0 aliphatic heterocycles. The van der Waals surface area contributed by atoms with E-state index in [0.29, 0.717) is 30.1 Å². The van der Waals surface area contributed by atoms with Gasteiger partial charge in [-0.15, -0.1) is 0 Å². The summed E-state index contributed by atoms with van der Waals surface area (Å²) in [6.45, 7) is 2.11. The van der Waals surface area contributed by atoms with Gasteiger partial charge in [0.2, 0.25) is 5.70 Å². The zero-order chi connectivity index (χ0) is 15.1. The monoisotopic (exact) mass is 281 g/mol. The van der Waals surface area contributed by atoms with Gasteiger partial charge in [-0.05, 0) is 12.1 Å². The highest BCUT2D eigenvalue weighted by molar-refractivity contribution is 5.62. The van der Waals surface area contributed by atoms with Crippen molar-refractivity contribution in [3.63, 3.8) is 0 Å². The first-order valence-corrected chi connectivity index (χ1v) is 6.16. The molecular formula is C14H19NO5. The number of rotatable bonds is 7. The average Bonchev–Trinajstić information content (AvgIpc) is 2.45. The quantitative estimate of drug-likeness (QED) is 0.567. The molecule has 0 atom stereocenters. The van der Waals surface area contributed by atoms with E-state index in [1.807, 2.05) is 0 Å². The zero-order valence-electron chi connectivity index (χ0n) is 12.1. The predicted molar refractivity (Wildman–Crippen MR) is 75.5 cm³/mol. The van der Waals surface area contributed by atoms with Crippen molar-refractivity contribution in [1.82, 2.24) is 0 Å². The normalized spacial score (nSPS) is 11.3. The van der Waals surface area contributed by atoms with Crippen molar-refractivity contribution in [3.05, 3.63) is 39.1 Å². The first kappa shape index (κ1) is 16.0. The number of allylic oxidation sites excluding steroid dienone is 1. The Hall–Kier alpha value is -2.08. The lowest BCUT2D eigenvalue weighted by atomic mass is 10.1. The molecule has 6 heteroatoms. The summed E-state index contributed by atoms with van der Waals surface area (Å²) in [6, 6.07) is 3.48. The lowest BCUT2D eigenvalue weighted by Gasteiger charge is -2.12. The maximum absolute atomic E-state index is 10.9. The molecule has 0 N–H and O–H groups in total. The molecule has 0 heterocycles. The van der Waals surface area contributed by atoms with Gasteiger partial charge in [0.05, 0.1) is 25.7 Å². The van der Waals surface area contributed by atoms with Crippen LogP contribution in [-0.4, -0.2) is 26.3 Å². The van der Waals surface area contributed by atoms with Gasteiger partial charge in [-0.1, -0.05) is 6.92 Å². The van der Waals surface area contributed by atoms with Crippen molar-refractivity contribution in [2.75, 3.05) is 21.3 Å². The summed E-state index contributed by atoms with van der Waals surface area (Å²) in [7, 11) is 4.65. The van der Waals surface area contributed by atoms with Crippen molar-refractivity contribution >= 4 is 6.08 Å². The minimum atomic E-state index is -0.394. The summed E-state index contributed by atoms with van der Waals surface area (Å²) in [6.07, 6.45) is 1.83. The van der Waals surface area contributed by atoms with Crippen LogP contribution in [0.4, 0.5) is 0 Å². The third-order valence-electron chi connectivity index (χ3n) is 2.85.